The minimum atomic E-state index is -0.494. The van der Waals surface area contributed by atoms with Crippen molar-refractivity contribution in [2.75, 3.05) is 6.54 Å². The van der Waals surface area contributed by atoms with Gasteiger partial charge in [-0.25, -0.2) is 4.98 Å². The van der Waals surface area contributed by atoms with Gasteiger partial charge in [0.1, 0.15) is 5.69 Å². The Morgan fingerprint density at radius 3 is 3.00 bits per heavy atom. The van der Waals surface area contributed by atoms with Crippen LogP contribution in [0.4, 0.5) is 0 Å². The fourth-order valence-electron chi connectivity index (χ4n) is 0.862. The van der Waals surface area contributed by atoms with Crippen molar-refractivity contribution in [3.05, 3.63) is 17.7 Å². The molecule has 1 rings (SSSR count). The molecule has 5 N–H and O–H groups in total. The van der Waals surface area contributed by atoms with E-state index in [0.717, 1.165) is 0 Å². The van der Waals surface area contributed by atoms with Gasteiger partial charge in [0, 0.05) is 6.42 Å². The van der Waals surface area contributed by atoms with Crippen LogP contribution in [0.2, 0.25) is 0 Å². The molecule has 0 radical (unpaired) electrons. The van der Waals surface area contributed by atoms with Crippen molar-refractivity contribution in [1.29, 1.82) is 0 Å². The van der Waals surface area contributed by atoms with Gasteiger partial charge in [-0.3, -0.25) is 4.79 Å². The molecular formula is C6H10N4O. The summed E-state index contributed by atoms with van der Waals surface area (Å²) in [4.78, 5) is 17.2. The first kappa shape index (κ1) is 7.74. The number of H-pyrrole nitrogens is 1. The number of nitrogens with zero attached hydrogens (tertiary/aromatic N) is 1. The number of rotatable bonds is 3. The van der Waals surface area contributed by atoms with Crippen LogP contribution in [0.3, 0.4) is 0 Å². The van der Waals surface area contributed by atoms with Crippen LogP contribution in [0.15, 0.2) is 6.33 Å². The van der Waals surface area contributed by atoms with Gasteiger partial charge in [0.2, 0.25) is 0 Å². The Labute approximate surface area is 63.8 Å². The molecule has 1 aromatic rings. The minimum Gasteiger partial charge on any atom is -0.364 e. The van der Waals surface area contributed by atoms with Crippen LogP contribution >= 0.6 is 0 Å². The highest BCUT2D eigenvalue weighted by atomic mass is 16.1. The van der Waals surface area contributed by atoms with Crippen molar-refractivity contribution >= 4 is 5.91 Å². The maximum absolute atomic E-state index is 10.7. The quantitative estimate of drug-likeness (QED) is 0.521. The third-order valence-corrected chi connectivity index (χ3v) is 1.35. The molecule has 0 aliphatic heterocycles. The SMILES string of the molecule is NCCc1nc[nH]c1C(N)=O. The molecule has 0 fully saturated rings. The number of aromatic nitrogens is 2. The van der Waals surface area contributed by atoms with Gasteiger partial charge in [-0.05, 0) is 6.54 Å². The van der Waals surface area contributed by atoms with Gasteiger partial charge in [-0.2, -0.15) is 0 Å². The number of nitrogens with one attached hydrogen (secondary N) is 1. The van der Waals surface area contributed by atoms with Crippen LogP contribution in [0.1, 0.15) is 16.2 Å². The molecule has 0 aromatic carbocycles. The molecule has 1 heterocycles. The van der Waals surface area contributed by atoms with E-state index in [2.05, 4.69) is 9.97 Å². The summed E-state index contributed by atoms with van der Waals surface area (Å²) >= 11 is 0. The van der Waals surface area contributed by atoms with Crippen LogP contribution in [0, 0.1) is 0 Å². The van der Waals surface area contributed by atoms with E-state index in [9.17, 15) is 4.79 Å². The summed E-state index contributed by atoms with van der Waals surface area (Å²) < 4.78 is 0. The zero-order valence-corrected chi connectivity index (χ0v) is 6.00. The molecule has 11 heavy (non-hydrogen) atoms. The van der Waals surface area contributed by atoms with E-state index in [4.69, 9.17) is 11.5 Å². The molecule has 0 saturated carbocycles. The zero-order chi connectivity index (χ0) is 8.27. The monoisotopic (exact) mass is 154 g/mol. The lowest BCUT2D eigenvalue weighted by molar-refractivity contribution is 0.0995. The van der Waals surface area contributed by atoms with Gasteiger partial charge in [-0.15, -0.1) is 0 Å². The third-order valence-electron chi connectivity index (χ3n) is 1.35. The van der Waals surface area contributed by atoms with Gasteiger partial charge in [0.15, 0.2) is 0 Å². The molecule has 1 aromatic heterocycles. The summed E-state index contributed by atoms with van der Waals surface area (Å²) in [5.74, 6) is -0.494. The fourth-order valence-corrected chi connectivity index (χ4v) is 0.862. The molecule has 60 valence electrons. The number of hydrogen-bond donors (Lipinski definition) is 3. The second-order valence-electron chi connectivity index (χ2n) is 2.13. The number of nitrogens with two attached hydrogens (primary N) is 2. The molecular weight excluding hydrogens is 144 g/mol. The highest BCUT2D eigenvalue weighted by Crippen LogP contribution is 2.00. The summed E-state index contributed by atoms with van der Waals surface area (Å²) in [7, 11) is 0. The van der Waals surface area contributed by atoms with Gasteiger partial charge in [0.25, 0.3) is 5.91 Å². The van der Waals surface area contributed by atoms with Gasteiger partial charge in [-0.1, -0.05) is 0 Å². The molecule has 0 bridgehead atoms. The van der Waals surface area contributed by atoms with Crippen LogP contribution in [-0.2, 0) is 6.42 Å². The number of primary amides is 1. The highest BCUT2D eigenvalue weighted by Gasteiger charge is 2.08. The first-order chi connectivity index (χ1) is 5.25. The maximum Gasteiger partial charge on any atom is 0.267 e. The third kappa shape index (κ3) is 1.56. The fraction of sp³-hybridized carbons (Fsp3) is 0.333. The van der Waals surface area contributed by atoms with Gasteiger partial charge < -0.3 is 16.5 Å². The predicted octanol–water partition coefficient (Wildman–Crippen LogP) is -0.990. The first-order valence-electron chi connectivity index (χ1n) is 3.28. The van der Waals surface area contributed by atoms with Crippen molar-refractivity contribution in [2.45, 2.75) is 6.42 Å². The Morgan fingerprint density at radius 2 is 2.45 bits per heavy atom. The lowest BCUT2D eigenvalue weighted by Gasteiger charge is -1.94. The second kappa shape index (κ2) is 3.16. The Kier molecular flexibility index (Phi) is 2.22. The van der Waals surface area contributed by atoms with E-state index in [-0.39, 0.29) is 0 Å². The van der Waals surface area contributed by atoms with Crippen molar-refractivity contribution in [3.8, 4) is 0 Å². The normalized spacial score (nSPS) is 9.91. The van der Waals surface area contributed by atoms with E-state index < -0.39 is 5.91 Å². The summed E-state index contributed by atoms with van der Waals surface area (Å²) in [6, 6.07) is 0. The van der Waals surface area contributed by atoms with Crippen LogP contribution in [0.25, 0.3) is 0 Å². The van der Waals surface area contributed by atoms with E-state index in [1.54, 1.807) is 0 Å². The number of aromatic amines is 1. The van der Waals surface area contributed by atoms with E-state index in [0.29, 0.717) is 24.4 Å². The summed E-state index contributed by atoms with van der Waals surface area (Å²) in [6.45, 7) is 0.463. The van der Waals surface area contributed by atoms with E-state index >= 15 is 0 Å². The van der Waals surface area contributed by atoms with Crippen molar-refractivity contribution in [3.63, 3.8) is 0 Å². The number of carbonyl (C=O) groups excluding carboxylic acids is 1. The Balaban J connectivity index is 2.87. The van der Waals surface area contributed by atoms with Crippen LogP contribution in [0.5, 0.6) is 0 Å². The van der Waals surface area contributed by atoms with Gasteiger partial charge in [0.05, 0.1) is 12.0 Å². The van der Waals surface area contributed by atoms with Crippen molar-refractivity contribution in [2.24, 2.45) is 11.5 Å². The van der Waals surface area contributed by atoms with Crippen molar-refractivity contribution < 1.29 is 4.79 Å². The molecule has 0 aliphatic carbocycles. The maximum atomic E-state index is 10.7. The summed E-state index contributed by atoms with van der Waals surface area (Å²) in [5.41, 5.74) is 11.3. The smallest absolute Gasteiger partial charge is 0.267 e. The zero-order valence-electron chi connectivity index (χ0n) is 6.00. The average Bonchev–Trinajstić information content (AvgIpc) is 2.36. The van der Waals surface area contributed by atoms with Crippen LogP contribution in [-0.4, -0.2) is 22.4 Å². The number of imidazole rings is 1. The Bertz CT molecular complexity index is 255. The first-order valence-corrected chi connectivity index (χ1v) is 3.28. The molecule has 0 atom stereocenters. The highest BCUT2D eigenvalue weighted by molar-refractivity contribution is 5.91. The molecule has 5 nitrogen and oxygen atoms in total. The standard InChI is InChI=1S/C6H10N4O/c7-2-1-4-5(6(8)11)10-3-9-4/h3H,1-2,7H2,(H2,8,11)(H,9,10). The molecule has 0 saturated heterocycles. The molecule has 0 unspecified atom stereocenters. The molecule has 0 spiro atoms. The number of hydrogen-bond acceptors (Lipinski definition) is 3. The lowest BCUT2D eigenvalue weighted by Crippen LogP contribution is -2.15. The van der Waals surface area contributed by atoms with E-state index in [1.807, 2.05) is 0 Å². The van der Waals surface area contributed by atoms with Gasteiger partial charge >= 0.3 is 0 Å². The summed E-state index contributed by atoms with van der Waals surface area (Å²) in [5, 5.41) is 0. The number of amides is 1. The molecule has 0 aliphatic rings. The largest absolute Gasteiger partial charge is 0.364 e. The second-order valence-corrected chi connectivity index (χ2v) is 2.13. The predicted molar refractivity (Wildman–Crippen MR) is 39.9 cm³/mol. The van der Waals surface area contributed by atoms with Crippen LogP contribution < -0.4 is 11.5 Å². The lowest BCUT2D eigenvalue weighted by atomic mass is 10.2. The minimum absolute atomic E-state index is 0.357. The number of carbonyl (C=O) groups is 1. The topological polar surface area (TPSA) is 97.8 Å². The molecule has 1 amide bonds. The van der Waals surface area contributed by atoms with Crippen molar-refractivity contribution in [1.82, 2.24) is 9.97 Å². The Morgan fingerprint density at radius 1 is 1.73 bits per heavy atom. The summed E-state index contributed by atoms with van der Waals surface area (Å²) in [6.07, 6.45) is 2.01. The Hall–Kier alpha value is -1.36. The van der Waals surface area contributed by atoms with E-state index in [1.165, 1.54) is 6.33 Å². The molecule has 5 heteroatoms. The average molecular weight is 154 g/mol.